The summed E-state index contributed by atoms with van der Waals surface area (Å²) in [5.74, 6) is -0.402. The number of hydrogen-bond donors (Lipinski definition) is 1. The SMILES string of the molecule is CCC=CCC(=O)NOC(=O)OCc1ccccc1. The fourth-order valence-electron chi connectivity index (χ4n) is 1.24. The van der Waals surface area contributed by atoms with Gasteiger partial charge in [-0.3, -0.25) is 4.79 Å². The van der Waals surface area contributed by atoms with Gasteiger partial charge in [0, 0.05) is 6.42 Å². The van der Waals surface area contributed by atoms with Gasteiger partial charge >= 0.3 is 6.16 Å². The van der Waals surface area contributed by atoms with Gasteiger partial charge in [-0.1, -0.05) is 49.4 Å². The summed E-state index contributed by atoms with van der Waals surface area (Å²) < 4.78 is 4.81. The van der Waals surface area contributed by atoms with E-state index in [4.69, 9.17) is 4.74 Å². The lowest BCUT2D eigenvalue weighted by Crippen LogP contribution is -2.26. The Morgan fingerprint density at radius 1 is 1.21 bits per heavy atom. The van der Waals surface area contributed by atoms with E-state index in [1.165, 1.54) is 0 Å². The Kier molecular flexibility index (Phi) is 6.79. The van der Waals surface area contributed by atoms with Gasteiger partial charge in [0.05, 0.1) is 0 Å². The molecule has 0 spiro atoms. The van der Waals surface area contributed by atoms with Crippen LogP contribution < -0.4 is 5.48 Å². The second-order valence-corrected chi connectivity index (χ2v) is 3.74. The molecule has 0 saturated heterocycles. The Labute approximate surface area is 112 Å². The van der Waals surface area contributed by atoms with Crippen LogP contribution in [0.1, 0.15) is 25.3 Å². The molecule has 19 heavy (non-hydrogen) atoms. The van der Waals surface area contributed by atoms with Crippen molar-refractivity contribution in [3.63, 3.8) is 0 Å². The molecule has 1 rings (SSSR count). The normalized spacial score (nSPS) is 10.2. The van der Waals surface area contributed by atoms with Gasteiger partial charge in [-0.2, -0.15) is 5.48 Å². The molecule has 1 aromatic carbocycles. The lowest BCUT2D eigenvalue weighted by Gasteiger charge is -2.05. The van der Waals surface area contributed by atoms with Gasteiger partial charge in [-0.05, 0) is 12.0 Å². The third-order valence-electron chi connectivity index (χ3n) is 2.15. The molecule has 0 saturated carbocycles. The van der Waals surface area contributed by atoms with Crippen LogP contribution in [0.25, 0.3) is 0 Å². The van der Waals surface area contributed by atoms with Gasteiger partial charge in [0.2, 0.25) is 0 Å². The summed E-state index contributed by atoms with van der Waals surface area (Å²) in [5.41, 5.74) is 2.86. The highest BCUT2D eigenvalue weighted by molar-refractivity contribution is 5.77. The van der Waals surface area contributed by atoms with Crippen LogP contribution in [-0.4, -0.2) is 12.1 Å². The van der Waals surface area contributed by atoms with Crippen molar-refractivity contribution in [2.75, 3.05) is 0 Å². The third-order valence-corrected chi connectivity index (χ3v) is 2.15. The maximum Gasteiger partial charge on any atom is 0.533 e. The molecule has 1 N–H and O–H groups in total. The molecule has 5 nitrogen and oxygen atoms in total. The minimum Gasteiger partial charge on any atom is -0.428 e. The van der Waals surface area contributed by atoms with Crippen LogP contribution in [0.2, 0.25) is 0 Å². The van der Waals surface area contributed by atoms with Crippen LogP contribution in [-0.2, 0) is 21.0 Å². The average Bonchev–Trinajstić information content (AvgIpc) is 2.44. The molecule has 0 heterocycles. The minimum absolute atomic E-state index is 0.102. The number of allylic oxidation sites excluding steroid dienone is 1. The molecule has 0 aliphatic heterocycles. The molecular formula is C14H17NO4. The Balaban J connectivity index is 2.17. The molecule has 5 heteroatoms. The number of rotatable bonds is 5. The fraction of sp³-hybridized carbons (Fsp3) is 0.286. The van der Waals surface area contributed by atoms with E-state index >= 15 is 0 Å². The number of benzene rings is 1. The summed E-state index contributed by atoms with van der Waals surface area (Å²) in [5, 5.41) is 0. The predicted molar refractivity (Wildman–Crippen MR) is 69.9 cm³/mol. The van der Waals surface area contributed by atoms with E-state index in [1.807, 2.05) is 48.8 Å². The topological polar surface area (TPSA) is 64.6 Å². The first-order valence-electron chi connectivity index (χ1n) is 6.03. The standard InChI is InChI=1S/C14H17NO4/c1-2-3-5-10-13(16)15-19-14(17)18-11-12-8-6-4-7-9-12/h3-9H,2,10-11H2,1H3,(H,15,16). The summed E-state index contributed by atoms with van der Waals surface area (Å²) in [6.45, 7) is 2.07. The van der Waals surface area contributed by atoms with Gasteiger partial charge in [-0.15, -0.1) is 0 Å². The molecule has 1 amide bonds. The quantitative estimate of drug-likeness (QED) is 0.504. The van der Waals surface area contributed by atoms with Crippen molar-refractivity contribution in [3.05, 3.63) is 48.0 Å². The Morgan fingerprint density at radius 2 is 1.95 bits per heavy atom. The minimum atomic E-state index is -0.934. The summed E-state index contributed by atoms with van der Waals surface area (Å²) >= 11 is 0. The second kappa shape index (κ2) is 8.74. The highest BCUT2D eigenvalue weighted by Gasteiger charge is 2.07. The van der Waals surface area contributed by atoms with Gasteiger partial charge in [0.1, 0.15) is 6.61 Å². The highest BCUT2D eigenvalue weighted by atomic mass is 16.8. The van der Waals surface area contributed by atoms with Crippen LogP contribution >= 0.6 is 0 Å². The zero-order valence-electron chi connectivity index (χ0n) is 10.8. The second-order valence-electron chi connectivity index (χ2n) is 3.74. The number of hydrogen-bond acceptors (Lipinski definition) is 4. The van der Waals surface area contributed by atoms with Gasteiger partial charge in [0.25, 0.3) is 5.91 Å². The third kappa shape index (κ3) is 6.88. The highest BCUT2D eigenvalue weighted by Crippen LogP contribution is 2.01. The van der Waals surface area contributed by atoms with E-state index in [0.717, 1.165) is 12.0 Å². The van der Waals surface area contributed by atoms with Crippen LogP contribution in [0, 0.1) is 0 Å². The number of ether oxygens (including phenoxy) is 1. The van der Waals surface area contributed by atoms with Crippen molar-refractivity contribution in [3.8, 4) is 0 Å². The number of carbonyl (C=O) groups is 2. The number of amides is 1. The van der Waals surface area contributed by atoms with E-state index in [-0.39, 0.29) is 13.0 Å². The van der Waals surface area contributed by atoms with Crippen LogP contribution in [0.15, 0.2) is 42.5 Å². The van der Waals surface area contributed by atoms with Crippen molar-refractivity contribution in [2.24, 2.45) is 0 Å². The Morgan fingerprint density at radius 3 is 2.63 bits per heavy atom. The van der Waals surface area contributed by atoms with E-state index in [1.54, 1.807) is 6.08 Å². The molecule has 0 aliphatic carbocycles. The summed E-state index contributed by atoms with van der Waals surface area (Å²) in [6.07, 6.45) is 3.64. The molecule has 0 aliphatic rings. The molecule has 0 atom stereocenters. The van der Waals surface area contributed by atoms with Crippen molar-refractivity contribution >= 4 is 12.1 Å². The smallest absolute Gasteiger partial charge is 0.428 e. The molecule has 0 radical (unpaired) electrons. The Hall–Kier alpha value is -2.30. The molecule has 0 bridgehead atoms. The Bertz CT molecular complexity index is 428. The van der Waals surface area contributed by atoms with E-state index in [0.29, 0.717) is 0 Å². The van der Waals surface area contributed by atoms with Gasteiger partial charge < -0.3 is 9.57 Å². The molecule has 102 valence electrons. The van der Waals surface area contributed by atoms with E-state index in [2.05, 4.69) is 4.84 Å². The molecular weight excluding hydrogens is 246 g/mol. The molecule has 0 unspecified atom stereocenters. The van der Waals surface area contributed by atoms with Crippen molar-refractivity contribution in [2.45, 2.75) is 26.4 Å². The fourth-order valence-corrected chi connectivity index (χ4v) is 1.24. The maximum absolute atomic E-state index is 11.2. The van der Waals surface area contributed by atoms with Crippen molar-refractivity contribution in [1.29, 1.82) is 0 Å². The van der Waals surface area contributed by atoms with E-state index in [9.17, 15) is 9.59 Å². The first-order chi connectivity index (χ1) is 9.22. The maximum atomic E-state index is 11.2. The zero-order chi connectivity index (χ0) is 13.9. The monoisotopic (exact) mass is 263 g/mol. The van der Waals surface area contributed by atoms with Crippen LogP contribution in [0.5, 0.6) is 0 Å². The number of nitrogens with one attached hydrogen (secondary N) is 1. The first-order valence-corrected chi connectivity index (χ1v) is 6.03. The molecule has 0 aromatic heterocycles. The lowest BCUT2D eigenvalue weighted by atomic mass is 10.2. The molecule has 0 fully saturated rings. The number of hydroxylamine groups is 1. The summed E-state index contributed by atoms with van der Waals surface area (Å²) in [7, 11) is 0. The lowest BCUT2D eigenvalue weighted by molar-refractivity contribution is -0.130. The van der Waals surface area contributed by atoms with Crippen molar-refractivity contribution in [1.82, 2.24) is 5.48 Å². The molecule has 1 aromatic rings. The van der Waals surface area contributed by atoms with E-state index < -0.39 is 12.1 Å². The largest absolute Gasteiger partial charge is 0.533 e. The number of carbonyl (C=O) groups excluding carboxylic acids is 2. The first kappa shape index (κ1) is 14.8. The van der Waals surface area contributed by atoms with Crippen LogP contribution in [0.3, 0.4) is 0 Å². The van der Waals surface area contributed by atoms with Crippen LogP contribution in [0.4, 0.5) is 4.79 Å². The van der Waals surface area contributed by atoms with Gasteiger partial charge in [0.15, 0.2) is 0 Å². The summed E-state index contributed by atoms with van der Waals surface area (Å²) in [6, 6.07) is 9.19. The van der Waals surface area contributed by atoms with Gasteiger partial charge in [-0.25, -0.2) is 4.79 Å². The van der Waals surface area contributed by atoms with Crippen molar-refractivity contribution < 1.29 is 19.2 Å². The predicted octanol–water partition coefficient (Wildman–Crippen LogP) is 2.73. The average molecular weight is 263 g/mol. The zero-order valence-corrected chi connectivity index (χ0v) is 10.8. The summed E-state index contributed by atoms with van der Waals surface area (Å²) in [4.78, 5) is 26.8.